The standard InChI is InChI=1S/C15H22F2N2O/c1-10(2)7-14(15(20)19(3)4)18-9-11-5-6-12(16)13(17)8-11/h5-6,8,10,14,18H,7,9H2,1-4H3. The van der Waals surface area contributed by atoms with Crippen LogP contribution < -0.4 is 5.32 Å². The topological polar surface area (TPSA) is 32.3 Å². The summed E-state index contributed by atoms with van der Waals surface area (Å²) < 4.78 is 26.0. The second kappa shape index (κ2) is 7.33. The Balaban J connectivity index is 2.70. The second-order valence-corrected chi connectivity index (χ2v) is 5.54. The first-order valence-electron chi connectivity index (χ1n) is 6.69. The van der Waals surface area contributed by atoms with Crippen molar-refractivity contribution in [3.63, 3.8) is 0 Å². The minimum atomic E-state index is -0.872. The molecule has 3 nitrogen and oxygen atoms in total. The van der Waals surface area contributed by atoms with Crippen molar-refractivity contribution in [3.8, 4) is 0 Å². The number of nitrogens with zero attached hydrogens (tertiary/aromatic N) is 1. The Kier molecular flexibility index (Phi) is 6.07. The van der Waals surface area contributed by atoms with E-state index < -0.39 is 11.6 Å². The molecule has 1 rings (SSSR count). The van der Waals surface area contributed by atoms with Gasteiger partial charge in [0.2, 0.25) is 5.91 Å². The highest BCUT2D eigenvalue weighted by molar-refractivity contribution is 5.81. The molecule has 0 aliphatic heterocycles. The summed E-state index contributed by atoms with van der Waals surface area (Å²) in [6.07, 6.45) is 0.695. The van der Waals surface area contributed by atoms with E-state index in [1.54, 1.807) is 14.1 Å². The van der Waals surface area contributed by atoms with E-state index in [0.29, 0.717) is 24.4 Å². The summed E-state index contributed by atoms with van der Waals surface area (Å²) in [7, 11) is 3.41. The molecule has 0 aliphatic rings. The van der Waals surface area contributed by atoms with Gasteiger partial charge in [-0.25, -0.2) is 8.78 Å². The number of carbonyl (C=O) groups is 1. The maximum atomic E-state index is 13.1. The van der Waals surface area contributed by atoms with Gasteiger partial charge in [-0.15, -0.1) is 0 Å². The lowest BCUT2D eigenvalue weighted by atomic mass is 10.0. The van der Waals surface area contributed by atoms with Crippen LogP contribution >= 0.6 is 0 Å². The fourth-order valence-electron chi connectivity index (χ4n) is 1.95. The normalized spacial score (nSPS) is 12.6. The lowest BCUT2D eigenvalue weighted by Crippen LogP contribution is -2.44. The Morgan fingerprint density at radius 1 is 1.25 bits per heavy atom. The van der Waals surface area contributed by atoms with Crippen molar-refractivity contribution in [1.82, 2.24) is 10.2 Å². The van der Waals surface area contributed by atoms with Crippen LogP contribution in [0.4, 0.5) is 8.78 Å². The van der Waals surface area contributed by atoms with Crippen LogP contribution in [0.1, 0.15) is 25.8 Å². The molecule has 0 heterocycles. The zero-order valence-corrected chi connectivity index (χ0v) is 12.4. The van der Waals surface area contributed by atoms with Crippen LogP contribution in [-0.2, 0) is 11.3 Å². The minimum Gasteiger partial charge on any atom is -0.347 e. The monoisotopic (exact) mass is 284 g/mol. The van der Waals surface area contributed by atoms with Crippen LogP contribution in [0.5, 0.6) is 0 Å². The van der Waals surface area contributed by atoms with Gasteiger partial charge in [0, 0.05) is 20.6 Å². The maximum absolute atomic E-state index is 13.1. The Labute approximate surface area is 119 Å². The van der Waals surface area contributed by atoms with E-state index in [0.717, 1.165) is 12.1 Å². The van der Waals surface area contributed by atoms with Crippen molar-refractivity contribution >= 4 is 5.91 Å². The van der Waals surface area contributed by atoms with Crippen LogP contribution in [0.3, 0.4) is 0 Å². The molecule has 0 spiro atoms. The van der Waals surface area contributed by atoms with Crippen molar-refractivity contribution in [2.75, 3.05) is 14.1 Å². The Morgan fingerprint density at radius 3 is 2.40 bits per heavy atom. The molecule has 0 saturated carbocycles. The van der Waals surface area contributed by atoms with Crippen LogP contribution in [0, 0.1) is 17.6 Å². The highest BCUT2D eigenvalue weighted by atomic mass is 19.2. The molecule has 0 radical (unpaired) electrons. The average Bonchev–Trinajstić information content (AvgIpc) is 2.37. The molecular formula is C15H22F2N2O. The summed E-state index contributed by atoms with van der Waals surface area (Å²) in [6.45, 7) is 4.40. The van der Waals surface area contributed by atoms with E-state index in [1.165, 1.54) is 11.0 Å². The first-order valence-corrected chi connectivity index (χ1v) is 6.69. The van der Waals surface area contributed by atoms with Gasteiger partial charge < -0.3 is 10.2 Å². The number of carbonyl (C=O) groups excluding carboxylic acids is 1. The molecule has 0 fully saturated rings. The van der Waals surface area contributed by atoms with E-state index in [1.807, 2.05) is 13.8 Å². The van der Waals surface area contributed by atoms with Crippen LogP contribution in [0.2, 0.25) is 0 Å². The molecule has 1 aromatic carbocycles. The average molecular weight is 284 g/mol. The summed E-state index contributed by atoms with van der Waals surface area (Å²) in [4.78, 5) is 13.6. The SMILES string of the molecule is CC(C)CC(NCc1ccc(F)c(F)c1)C(=O)N(C)C. The number of halogens is 2. The second-order valence-electron chi connectivity index (χ2n) is 5.54. The predicted octanol–water partition coefficient (Wildman–Crippen LogP) is 2.56. The molecular weight excluding hydrogens is 262 g/mol. The molecule has 0 bridgehead atoms. The number of likely N-dealkylation sites (N-methyl/N-ethyl adjacent to an activating group) is 1. The molecule has 0 aromatic heterocycles. The third-order valence-corrected chi connectivity index (χ3v) is 2.98. The molecule has 20 heavy (non-hydrogen) atoms. The van der Waals surface area contributed by atoms with Crippen molar-refractivity contribution in [2.45, 2.75) is 32.9 Å². The fraction of sp³-hybridized carbons (Fsp3) is 0.533. The van der Waals surface area contributed by atoms with Crippen molar-refractivity contribution in [2.24, 2.45) is 5.92 Å². The van der Waals surface area contributed by atoms with Gasteiger partial charge in [-0.2, -0.15) is 0 Å². The largest absolute Gasteiger partial charge is 0.347 e. The smallest absolute Gasteiger partial charge is 0.239 e. The third-order valence-electron chi connectivity index (χ3n) is 2.98. The fourth-order valence-corrected chi connectivity index (χ4v) is 1.95. The third kappa shape index (κ3) is 4.89. The van der Waals surface area contributed by atoms with Crippen LogP contribution in [0.25, 0.3) is 0 Å². The first-order chi connectivity index (χ1) is 9.31. The summed E-state index contributed by atoms with van der Waals surface area (Å²) >= 11 is 0. The number of amides is 1. The summed E-state index contributed by atoms with van der Waals surface area (Å²) in [5.41, 5.74) is 0.615. The molecule has 5 heteroatoms. The molecule has 1 N–H and O–H groups in total. The highest BCUT2D eigenvalue weighted by Crippen LogP contribution is 2.11. The van der Waals surface area contributed by atoms with E-state index >= 15 is 0 Å². The van der Waals surface area contributed by atoms with Gasteiger partial charge >= 0.3 is 0 Å². The lowest BCUT2D eigenvalue weighted by molar-refractivity contribution is -0.131. The van der Waals surface area contributed by atoms with Crippen molar-refractivity contribution in [3.05, 3.63) is 35.4 Å². The van der Waals surface area contributed by atoms with E-state index in [9.17, 15) is 13.6 Å². The number of hydrogen-bond donors (Lipinski definition) is 1. The van der Waals surface area contributed by atoms with Crippen LogP contribution in [-0.4, -0.2) is 30.9 Å². The summed E-state index contributed by atoms with van der Waals surface area (Å²) in [5, 5.41) is 3.11. The minimum absolute atomic E-state index is 0.0127. The Hall–Kier alpha value is -1.49. The first kappa shape index (κ1) is 16.6. The summed E-state index contributed by atoms with van der Waals surface area (Å²) in [6, 6.07) is 3.43. The molecule has 1 aromatic rings. The summed E-state index contributed by atoms with van der Waals surface area (Å²) in [5.74, 6) is -1.39. The number of rotatable bonds is 6. The Bertz CT molecular complexity index is 461. The molecule has 1 atom stereocenters. The zero-order chi connectivity index (χ0) is 15.3. The van der Waals surface area contributed by atoms with Gasteiger partial charge in [-0.1, -0.05) is 19.9 Å². The van der Waals surface area contributed by atoms with Gasteiger partial charge in [0.25, 0.3) is 0 Å². The number of hydrogen-bond acceptors (Lipinski definition) is 2. The van der Waals surface area contributed by atoms with E-state index in [2.05, 4.69) is 5.32 Å². The van der Waals surface area contributed by atoms with Crippen LogP contribution in [0.15, 0.2) is 18.2 Å². The van der Waals surface area contributed by atoms with Crippen molar-refractivity contribution in [1.29, 1.82) is 0 Å². The van der Waals surface area contributed by atoms with Gasteiger partial charge in [-0.05, 0) is 30.0 Å². The highest BCUT2D eigenvalue weighted by Gasteiger charge is 2.20. The number of nitrogens with one attached hydrogen (secondary N) is 1. The van der Waals surface area contributed by atoms with E-state index in [-0.39, 0.29) is 11.9 Å². The quantitative estimate of drug-likeness (QED) is 0.870. The lowest BCUT2D eigenvalue weighted by Gasteiger charge is -2.23. The molecule has 112 valence electrons. The molecule has 0 aliphatic carbocycles. The number of benzene rings is 1. The maximum Gasteiger partial charge on any atom is 0.239 e. The van der Waals surface area contributed by atoms with Crippen molar-refractivity contribution < 1.29 is 13.6 Å². The van der Waals surface area contributed by atoms with E-state index in [4.69, 9.17) is 0 Å². The van der Waals surface area contributed by atoms with Gasteiger partial charge in [0.1, 0.15) is 0 Å². The van der Waals surface area contributed by atoms with Gasteiger partial charge in [0.05, 0.1) is 6.04 Å². The predicted molar refractivity (Wildman–Crippen MR) is 75.1 cm³/mol. The van der Waals surface area contributed by atoms with Gasteiger partial charge in [-0.3, -0.25) is 4.79 Å². The molecule has 0 saturated heterocycles. The Morgan fingerprint density at radius 2 is 1.90 bits per heavy atom. The molecule has 1 unspecified atom stereocenters. The van der Waals surface area contributed by atoms with Gasteiger partial charge in [0.15, 0.2) is 11.6 Å². The molecule has 1 amide bonds. The zero-order valence-electron chi connectivity index (χ0n) is 12.4.